The topological polar surface area (TPSA) is 81.1 Å². The first-order valence-corrected chi connectivity index (χ1v) is 7.58. The first kappa shape index (κ1) is 15.9. The van der Waals surface area contributed by atoms with Crippen molar-refractivity contribution < 1.29 is 13.2 Å². The van der Waals surface area contributed by atoms with Gasteiger partial charge in [-0.2, -0.15) is 23.5 Å². The summed E-state index contributed by atoms with van der Waals surface area (Å²) in [5.41, 5.74) is 0.871. The normalized spacial score (nSPS) is 11.6. The summed E-state index contributed by atoms with van der Waals surface area (Å²) in [6.07, 6.45) is -2.28. The molecule has 0 aliphatic heterocycles. The van der Waals surface area contributed by atoms with E-state index in [0.29, 0.717) is 27.7 Å². The summed E-state index contributed by atoms with van der Waals surface area (Å²) < 4.78 is 40.1. The minimum Gasteiger partial charge on any atom is -0.337 e. The standard InChI is InChI=1S/C18H10F3N5/c19-18(20,21)13-9-24-26-15(13)16-14(11-5-2-1-4-10(11)8-22)12-6-3-7-23-17(12)25-16/h1-7,9H,(H,23,25)(H,24,26). The number of nitrogens with zero attached hydrogens (tertiary/aromatic N) is 3. The molecule has 8 heteroatoms. The molecule has 0 saturated carbocycles. The average molecular weight is 353 g/mol. The van der Waals surface area contributed by atoms with Gasteiger partial charge in [0.1, 0.15) is 11.2 Å². The van der Waals surface area contributed by atoms with Crippen molar-refractivity contribution in [3.05, 3.63) is 59.9 Å². The number of fused-ring (bicyclic) bond motifs is 1. The van der Waals surface area contributed by atoms with Crippen LogP contribution in [0.1, 0.15) is 11.1 Å². The summed E-state index contributed by atoms with van der Waals surface area (Å²) >= 11 is 0. The molecule has 4 rings (SSSR count). The molecule has 1 aromatic carbocycles. The van der Waals surface area contributed by atoms with E-state index in [9.17, 15) is 18.4 Å². The third-order valence-electron chi connectivity index (χ3n) is 4.08. The molecule has 26 heavy (non-hydrogen) atoms. The lowest BCUT2D eigenvalue weighted by atomic mass is 9.96. The van der Waals surface area contributed by atoms with Crippen molar-refractivity contribution in [3.63, 3.8) is 0 Å². The average Bonchev–Trinajstić information content (AvgIpc) is 3.25. The fraction of sp³-hybridized carbons (Fsp3) is 0.0556. The van der Waals surface area contributed by atoms with Crippen LogP contribution < -0.4 is 0 Å². The predicted molar refractivity (Wildman–Crippen MR) is 88.8 cm³/mol. The van der Waals surface area contributed by atoms with Crippen LogP contribution in [-0.2, 0) is 6.18 Å². The second kappa shape index (κ2) is 5.74. The number of alkyl halides is 3. The van der Waals surface area contributed by atoms with Gasteiger partial charge in [-0.3, -0.25) is 5.10 Å². The molecule has 128 valence electrons. The molecule has 3 heterocycles. The van der Waals surface area contributed by atoms with Gasteiger partial charge >= 0.3 is 6.18 Å². The monoisotopic (exact) mass is 353 g/mol. The van der Waals surface area contributed by atoms with Crippen LogP contribution >= 0.6 is 0 Å². The molecular weight excluding hydrogens is 343 g/mol. The first-order chi connectivity index (χ1) is 12.5. The number of halogens is 3. The van der Waals surface area contributed by atoms with Crippen LogP contribution in [0.15, 0.2) is 48.8 Å². The summed E-state index contributed by atoms with van der Waals surface area (Å²) in [6.45, 7) is 0. The maximum absolute atomic E-state index is 13.4. The van der Waals surface area contributed by atoms with E-state index < -0.39 is 11.7 Å². The number of H-pyrrole nitrogens is 2. The minimum absolute atomic E-state index is 0.186. The first-order valence-electron chi connectivity index (χ1n) is 7.58. The molecule has 0 fully saturated rings. The summed E-state index contributed by atoms with van der Waals surface area (Å²) in [5.74, 6) is 0. The number of nitrogens with one attached hydrogen (secondary N) is 2. The van der Waals surface area contributed by atoms with E-state index >= 15 is 0 Å². The van der Waals surface area contributed by atoms with Crippen LogP contribution in [0, 0.1) is 11.3 Å². The van der Waals surface area contributed by atoms with Gasteiger partial charge in [0.25, 0.3) is 0 Å². The van der Waals surface area contributed by atoms with E-state index in [1.807, 2.05) is 0 Å². The number of nitriles is 1. The third-order valence-corrected chi connectivity index (χ3v) is 4.08. The van der Waals surface area contributed by atoms with Gasteiger partial charge in [-0.15, -0.1) is 0 Å². The molecule has 3 aromatic heterocycles. The Bertz CT molecular complexity index is 1150. The lowest BCUT2D eigenvalue weighted by Crippen LogP contribution is -2.05. The number of aromatic amines is 2. The zero-order valence-electron chi connectivity index (χ0n) is 13.1. The zero-order valence-corrected chi connectivity index (χ0v) is 13.1. The van der Waals surface area contributed by atoms with Gasteiger partial charge < -0.3 is 4.98 Å². The molecule has 5 nitrogen and oxygen atoms in total. The molecule has 4 aromatic rings. The largest absolute Gasteiger partial charge is 0.420 e. The molecular formula is C18H10F3N5. The Kier molecular flexibility index (Phi) is 3.51. The molecule has 0 spiro atoms. The van der Waals surface area contributed by atoms with Crippen molar-refractivity contribution in [1.29, 1.82) is 5.26 Å². The van der Waals surface area contributed by atoms with Crippen LogP contribution in [0.5, 0.6) is 0 Å². The van der Waals surface area contributed by atoms with Crippen molar-refractivity contribution in [2.24, 2.45) is 0 Å². The van der Waals surface area contributed by atoms with Crippen LogP contribution in [0.3, 0.4) is 0 Å². The van der Waals surface area contributed by atoms with Crippen molar-refractivity contribution in [2.45, 2.75) is 6.18 Å². The summed E-state index contributed by atoms with van der Waals surface area (Å²) in [4.78, 5) is 7.13. The molecule has 0 aliphatic rings. The van der Waals surface area contributed by atoms with E-state index in [-0.39, 0.29) is 11.4 Å². The molecule has 0 aliphatic carbocycles. The maximum atomic E-state index is 13.4. The molecule has 0 saturated heterocycles. The van der Waals surface area contributed by atoms with Crippen LogP contribution in [-0.4, -0.2) is 20.2 Å². The fourth-order valence-electron chi connectivity index (χ4n) is 2.98. The van der Waals surface area contributed by atoms with Gasteiger partial charge in [0.05, 0.1) is 29.2 Å². The quantitative estimate of drug-likeness (QED) is 0.556. The number of aromatic nitrogens is 4. The summed E-state index contributed by atoms with van der Waals surface area (Å²) in [7, 11) is 0. The van der Waals surface area contributed by atoms with Crippen LogP contribution in [0.2, 0.25) is 0 Å². The third kappa shape index (κ3) is 2.41. The summed E-state index contributed by atoms with van der Waals surface area (Å²) in [5, 5.41) is 16.0. The fourth-order valence-corrected chi connectivity index (χ4v) is 2.98. The lowest BCUT2D eigenvalue weighted by Gasteiger charge is -2.09. The number of pyridine rings is 1. The van der Waals surface area contributed by atoms with Gasteiger partial charge in [0.15, 0.2) is 0 Å². The smallest absolute Gasteiger partial charge is 0.337 e. The maximum Gasteiger partial charge on any atom is 0.420 e. The van der Waals surface area contributed by atoms with Crippen molar-refractivity contribution in [1.82, 2.24) is 20.2 Å². The van der Waals surface area contributed by atoms with Crippen LogP contribution in [0.4, 0.5) is 13.2 Å². The highest BCUT2D eigenvalue weighted by atomic mass is 19.4. The van der Waals surface area contributed by atoms with Crippen LogP contribution in [0.25, 0.3) is 33.5 Å². The Hall–Kier alpha value is -3.60. The number of benzene rings is 1. The Morgan fingerprint density at radius 3 is 2.62 bits per heavy atom. The SMILES string of the molecule is N#Cc1ccccc1-c1c(-c2[nH]ncc2C(F)(F)F)[nH]c2ncccc12. The molecule has 0 unspecified atom stereocenters. The number of hydrogen-bond donors (Lipinski definition) is 2. The van der Waals surface area contributed by atoms with Gasteiger partial charge in [0, 0.05) is 22.7 Å². The highest BCUT2D eigenvalue weighted by Gasteiger charge is 2.37. The zero-order chi connectivity index (χ0) is 18.3. The highest BCUT2D eigenvalue weighted by molar-refractivity contribution is 6.03. The Labute approximate surface area is 145 Å². The Morgan fingerprint density at radius 2 is 1.85 bits per heavy atom. The van der Waals surface area contributed by atoms with Crippen molar-refractivity contribution in [3.8, 4) is 28.6 Å². The van der Waals surface area contributed by atoms with Gasteiger partial charge in [0.2, 0.25) is 0 Å². The minimum atomic E-state index is -4.57. The molecule has 0 amide bonds. The van der Waals surface area contributed by atoms with E-state index in [1.165, 1.54) is 0 Å². The Balaban J connectivity index is 2.10. The van der Waals surface area contributed by atoms with Gasteiger partial charge in [-0.25, -0.2) is 4.98 Å². The summed E-state index contributed by atoms with van der Waals surface area (Å²) in [6, 6.07) is 12.3. The van der Waals surface area contributed by atoms with E-state index in [0.717, 1.165) is 6.20 Å². The molecule has 0 bridgehead atoms. The Morgan fingerprint density at radius 1 is 1.04 bits per heavy atom. The van der Waals surface area contributed by atoms with Crippen molar-refractivity contribution >= 4 is 11.0 Å². The van der Waals surface area contributed by atoms with Gasteiger partial charge in [-0.1, -0.05) is 18.2 Å². The lowest BCUT2D eigenvalue weighted by molar-refractivity contribution is -0.137. The second-order valence-electron chi connectivity index (χ2n) is 5.59. The highest BCUT2D eigenvalue weighted by Crippen LogP contribution is 2.42. The molecule has 0 atom stereocenters. The van der Waals surface area contributed by atoms with Crippen molar-refractivity contribution in [2.75, 3.05) is 0 Å². The van der Waals surface area contributed by atoms with E-state index in [4.69, 9.17) is 0 Å². The molecule has 2 N–H and O–H groups in total. The number of hydrogen-bond acceptors (Lipinski definition) is 3. The predicted octanol–water partition coefficient (Wildman–Crippen LogP) is 4.51. The van der Waals surface area contributed by atoms with Gasteiger partial charge in [-0.05, 0) is 18.2 Å². The molecule has 0 radical (unpaired) electrons. The second-order valence-corrected chi connectivity index (χ2v) is 5.59. The number of rotatable bonds is 2. The van der Waals surface area contributed by atoms with E-state index in [2.05, 4.69) is 26.2 Å². The van der Waals surface area contributed by atoms with E-state index in [1.54, 1.807) is 42.6 Å².